The minimum atomic E-state index is -0.971. The number of nitrogens with one attached hydrogen (secondary N) is 1. The van der Waals surface area contributed by atoms with E-state index in [1.54, 1.807) is 23.1 Å². The summed E-state index contributed by atoms with van der Waals surface area (Å²) in [6, 6.07) is 4.70. The van der Waals surface area contributed by atoms with Crippen LogP contribution in [0.3, 0.4) is 0 Å². The summed E-state index contributed by atoms with van der Waals surface area (Å²) in [5, 5.41) is 12.2. The van der Waals surface area contributed by atoms with E-state index >= 15 is 0 Å². The molecule has 1 rings (SSSR count). The summed E-state index contributed by atoms with van der Waals surface area (Å²) >= 11 is 11.6. The van der Waals surface area contributed by atoms with Gasteiger partial charge in [-0.05, 0) is 32.0 Å². The van der Waals surface area contributed by atoms with Crippen LogP contribution in [0.5, 0.6) is 0 Å². The molecule has 0 aliphatic rings. The van der Waals surface area contributed by atoms with Crippen molar-refractivity contribution in [2.45, 2.75) is 19.9 Å². The van der Waals surface area contributed by atoms with Crippen molar-refractivity contribution in [1.29, 1.82) is 0 Å². The minimum Gasteiger partial charge on any atom is -0.480 e. The van der Waals surface area contributed by atoms with E-state index in [-0.39, 0.29) is 25.0 Å². The van der Waals surface area contributed by atoms with Gasteiger partial charge in [0, 0.05) is 11.7 Å². The first-order valence-corrected chi connectivity index (χ1v) is 6.76. The third-order valence-corrected chi connectivity index (χ3v) is 3.36. The van der Waals surface area contributed by atoms with Gasteiger partial charge in [0.05, 0.1) is 23.1 Å². The molecule has 0 saturated heterocycles. The molecule has 0 bridgehead atoms. The topological polar surface area (TPSA) is 69.6 Å². The lowest BCUT2D eigenvalue weighted by atomic mass is 10.3. The molecule has 2 N–H and O–H groups in total. The highest BCUT2D eigenvalue weighted by Crippen LogP contribution is 2.24. The zero-order valence-corrected chi connectivity index (χ0v) is 12.7. The predicted octanol–water partition coefficient (Wildman–Crippen LogP) is 2.73. The summed E-state index contributed by atoms with van der Waals surface area (Å²) in [5.41, 5.74) is 0.517. The largest absolute Gasteiger partial charge is 0.480 e. The quantitative estimate of drug-likeness (QED) is 0.846. The molecule has 0 heterocycles. The van der Waals surface area contributed by atoms with Crippen LogP contribution in [-0.2, 0) is 9.59 Å². The van der Waals surface area contributed by atoms with Gasteiger partial charge in [-0.15, -0.1) is 0 Å². The number of nitrogens with zero attached hydrogens (tertiary/aromatic N) is 1. The smallest absolute Gasteiger partial charge is 0.317 e. The average molecular weight is 319 g/mol. The highest BCUT2D eigenvalue weighted by Gasteiger charge is 2.17. The fourth-order valence-corrected chi connectivity index (χ4v) is 1.85. The van der Waals surface area contributed by atoms with Crippen LogP contribution in [0.1, 0.15) is 13.8 Å². The monoisotopic (exact) mass is 318 g/mol. The molecule has 1 amide bonds. The third-order valence-electron chi connectivity index (χ3n) is 2.62. The molecular weight excluding hydrogens is 303 g/mol. The van der Waals surface area contributed by atoms with Crippen LogP contribution in [0, 0.1) is 0 Å². The first-order chi connectivity index (χ1) is 9.29. The van der Waals surface area contributed by atoms with Crippen LogP contribution in [0.4, 0.5) is 5.69 Å². The summed E-state index contributed by atoms with van der Waals surface area (Å²) < 4.78 is 0. The second-order valence-electron chi connectivity index (χ2n) is 4.57. The van der Waals surface area contributed by atoms with Crippen LogP contribution in [0.15, 0.2) is 18.2 Å². The molecule has 20 heavy (non-hydrogen) atoms. The van der Waals surface area contributed by atoms with Crippen molar-refractivity contribution < 1.29 is 14.7 Å². The van der Waals surface area contributed by atoms with E-state index in [4.69, 9.17) is 28.3 Å². The molecule has 0 saturated carbocycles. The van der Waals surface area contributed by atoms with Gasteiger partial charge < -0.3 is 10.4 Å². The number of amides is 1. The number of rotatable bonds is 6. The Kier molecular flexibility index (Phi) is 6.26. The molecule has 0 spiro atoms. The minimum absolute atomic E-state index is 0.00971. The van der Waals surface area contributed by atoms with Gasteiger partial charge in [0.25, 0.3) is 0 Å². The summed E-state index contributed by atoms with van der Waals surface area (Å²) in [6.07, 6.45) is 0. The zero-order valence-electron chi connectivity index (χ0n) is 11.2. The second kappa shape index (κ2) is 7.47. The molecule has 5 nitrogen and oxygen atoms in total. The Morgan fingerprint density at radius 2 is 1.90 bits per heavy atom. The van der Waals surface area contributed by atoms with Gasteiger partial charge in [-0.3, -0.25) is 14.5 Å². The summed E-state index contributed by atoms with van der Waals surface area (Å²) in [7, 11) is 0. The van der Waals surface area contributed by atoms with Crippen molar-refractivity contribution in [2.75, 3.05) is 18.4 Å². The van der Waals surface area contributed by atoms with E-state index in [2.05, 4.69) is 5.32 Å². The van der Waals surface area contributed by atoms with E-state index in [1.165, 1.54) is 0 Å². The number of hydrogen-bond acceptors (Lipinski definition) is 3. The zero-order chi connectivity index (χ0) is 15.3. The molecule has 0 aromatic heterocycles. The Morgan fingerprint density at radius 1 is 1.25 bits per heavy atom. The predicted molar refractivity (Wildman–Crippen MR) is 79.4 cm³/mol. The lowest BCUT2D eigenvalue weighted by Gasteiger charge is -2.23. The van der Waals surface area contributed by atoms with E-state index < -0.39 is 5.97 Å². The molecule has 1 aromatic carbocycles. The molecule has 7 heteroatoms. The van der Waals surface area contributed by atoms with Gasteiger partial charge in [0.2, 0.25) is 5.91 Å². The van der Waals surface area contributed by atoms with E-state index in [0.717, 1.165) is 0 Å². The molecule has 0 aliphatic carbocycles. The summed E-state index contributed by atoms with van der Waals surface area (Å²) in [4.78, 5) is 24.2. The van der Waals surface area contributed by atoms with Gasteiger partial charge in [-0.25, -0.2) is 0 Å². The van der Waals surface area contributed by atoms with E-state index in [1.807, 2.05) is 13.8 Å². The van der Waals surface area contributed by atoms with Crippen LogP contribution < -0.4 is 5.32 Å². The Hall–Kier alpha value is -1.30. The van der Waals surface area contributed by atoms with Crippen LogP contribution in [0.2, 0.25) is 10.0 Å². The van der Waals surface area contributed by atoms with Crippen molar-refractivity contribution in [1.82, 2.24) is 4.90 Å². The SMILES string of the molecule is CC(C)N(CC(=O)O)CC(=O)Nc1ccc(Cl)c(Cl)c1. The van der Waals surface area contributed by atoms with Gasteiger partial charge in [-0.2, -0.15) is 0 Å². The molecule has 1 aromatic rings. The van der Waals surface area contributed by atoms with Crippen LogP contribution >= 0.6 is 23.2 Å². The number of hydrogen-bond donors (Lipinski definition) is 2. The number of halogens is 2. The fourth-order valence-electron chi connectivity index (χ4n) is 1.55. The molecule has 0 aliphatic heterocycles. The lowest BCUT2D eigenvalue weighted by Crippen LogP contribution is -2.41. The maximum Gasteiger partial charge on any atom is 0.317 e. The first-order valence-electron chi connectivity index (χ1n) is 6.00. The van der Waals surface area contributed by atoms with E-state index in [9.17, 15) is 9.59 Å². The lowest BCUT2D eigenvalue weighted by molar-refractivity contribution is -0.139. The normalized spacial score (nSPS) is 10.9. The van der Waals surface area contributed by atoms with E-state index in [0.29, 0.717) is 15.7 Å². The maximum atomic E-state index is 11.9. The van der Waals surface area contributed by atoms with Gasteiger partial charge in [0.1, 0.15) is 0 Å². The second-order valence-corrected chi connectivity index (χ2v) is 5.38. The first kappa shape index (κ1) is 16.8. The van der Waals surface area contributed by atoms with Crippen LogP contribution in [0.25, 0.3) is 0 Å². The number of carbonyl (C=O) groups is 2. The van der Waals surface area contributed by atoms with Gasteiger partial charge in [-0.1, -0.05) is 23.2 Å². The van der Waals surface area contributed by atoms with Crippen molar-refractivity contribution in [3.8, 4) is 0 Å². The number of aliphatic carboxylic acids is 1. The van der Waals surface area contributed by atoms with Crippen molar-refractivity contribution in [2.24, 2.45) is 0 Å². The number of carbonyl (C=O) groups excluding carboxylic acids is 1. The summed E-state index contributed by atoms with van der Waals surface area (Å²) in [5.74, 6) is -1.28. The van der Waals surface area contributed by atoms with Crippen LogP contribution in [-0.4, -0.2) is 41.0 Å². The summed E-state index contributed by atoms with van der Waals surface area (Å²) in [6.45, 7) is 3.46. The Bertz CT molecular complexity index is 506. The molecule has 0 fully saturated rings. The Labute approximate surface area is 127 Å². The molecular formula is C13H16Cl2N2O3. The number of anilines is 1. The average Bonchev–Trinajstić information content (AvgIpc) is 2.32. The number of carboxylic acids is 1. The standard InChI is InChI=1S/C13H16Cl2N2O3/c1-8(2)17(7-13(19)20)6-12(18)16-9-3-4-10(14)11(15)5-9/h3-5,8H,6-7H2,1-2H3,(H,16,18)(H,19,20). The van der Waals surface area contributed by atoms with Gasteiger partial charge >= 0.3 is 5.97 Å². The highest BCUT2D eigenvalue weighted by molar-refractivity contribution is 6.42. The molecule has 110 valence electrons. The highest BCUT2D eigenvalue weighted by atomic mass is 35.5. The fraction of sp³-hybridized carbons (Fsp3) is 0.385. The molecule has 0 atom stereocenters. The van der Waals surface area contributed by atoms with Crippen molar-refractivity contribution in [3.05, 3.63) is 28.2 Å². The molecule has 0 radical (unpaired) electrons. The Morgan fingerprint density at radius 3 is 2.40 bits per heavy atom. The van der Waals surface area contributed by atoms with Crippen molar-refractivity contribution in [3.63, 3.8) is 0 Å². The molecule has 0 unspecified atom stereocenters. The Balaban J connectivity index is 2.65. The third kappa shape index (κ3) is 5.36. The van der Waals surface area contributed by atoms with Crippen molar-refractivity contribution >= 4 is 40.8 Å². The number of benzene rings is 1. The maximum absolute atomic E-state index is 11.9. The van der Waals surface area contributed by atoms with Gasteiger partial charge in [0.15, 0.2) is 0 Å². The number of carboxylic acid groups (broad SMARTS) is 1.